The first-order chi connectivity index (χ1) is 8.19. The molecule has 2 unspecified atom stereocenters. The highest BCUT2D eigenvalue weighted by atomic mass is 15.2. The van der Waals surface area contributed by atoms with Gasteiger partial charge in [0.1, 0.15) is 0 Å². The molecule has 0 radical (unpaired) electrons. The van der Waals surface area contributed by atoms with E-state index >= 15 is 0 Å². The summed E-state index contributed by atoms with van der Waals surface area (Å²) in [6.45, 7) is 9.98. The van der Waals surface area contributed by atoms with Gasteiger partial charge in [0.05, 0.1) is 12.1 Å². The summed E-state index contributed by atoms with van der Waals surface area (Å²) in [7, 11) is 0. The number of rotatable bonds is 7. The molecule has 1 rings (SSSR count). The Morgan fingerprint density at radius 1 is 1.47 bits per heavy atom. The minimum absolute atomic E-state index is 0.0309. The number of likely N-dealkylation sites (tertiary alicyclic amines) is 1. The Hall–Kier alpha value is -0.590. The van der Waals surface area contributed by atoms with Crippen LogP contribution in [0.1, 0.15) is 46.5 Å². The monoisotopic (exact) mass is 237 g/mol. The molecule has 1 saturated heterocycles. The van der Waals surface area contributed by atoms with E-state index in [2.05, 4.69) is 37.1 Å². The van der Waals surface area contributed by atoms with Crippen LogP contribution in [-0.4, -0.2) is 36.6 Å². The summed E-state index contributed by atoms with van der Waals surface area (Å²) in [6, 6.07) is 3.13. The van der Waals surface area contributed by atoms with Gasteiger partial charge in [0.25, 0.3) is 0 Å². The second-order valence-electron chi connectivity index (χ2n) is 5.41. The van der Waals surface area contributed by atoms with Crippen LogP contribution in [0.15, 0.2) is 0 Å². The van der Waals surface area contributed by atoms with Crippen LogP contribution in [0.5, 0.6) is 0 Å². The number of hydrogen-bond donors (Lipinski definition) is 1. The fourth-order valence-corrected chi connectivity index (χ4v) is 2.71. The third-order valence-corrected chi connectivity index (χ3v) is 3.69. The van der Waals surface area contributed by atoms with E-state index in [1.54, 1.807) is 0 Å². The van der Waals surface area contributed by atoms with Gasteiger partial charge in [-0.3, -0.25) is 0 Å². The lowest BCUT2D eigenvalue weighted by atomic mass is 10.0. The van der Waals surface area contributed by atoms with Crippen molar-refractivity contribution in [1.29, 1.82) is 5.26 Å². The average Bonchev–Trinajstić information content (AvgIpc) is 2.78. The van der Waals surface area contributed by atoms with Gasteiger partial charge >= 0.3 is 0 Å². The summed E-state index contributed by atoms with van der Waals surface area (Å²) >= 11 is 0. The van der Waals surface area contributed by atoms with E-state index in [-0.39, 0.29) is 6.04 Å². The van der Waals surface area contributed by atoms with Gasteiger partial charge in [0.15, 0.2) is 0 Å². The summed E-state index contributed by atoms with van der Waals surface area (Å²) in [5.74, 6) is 0.738. The molecule has 17 heavy (non-hydrogen) atoms. The lowest BCUT2D eigenvalue weighted by molar-refractivity contribution is 0.200. The molecule has 0 aliphatic carbocycles. The van der Waals surface area contributed by atoms with Gasteiger partial charge in [-0.15, -0.1) is 0 Å². The fraction of sp³-hybridized carbons (Fsp3) is 0.929. The molecular weight excluding hydrogens is 210 g/mol. The molecule has 0 aromatic heterocycles. The highest BCUT2D eigenvalue weighted by Gasteiger charge is 2.26. The minimum Gasteiger partial charge on any atom is -0.302 e. The third-order valence-electron chi connectivity index (χ3n) is 3.69. The van der Waals surface area contributed by atoms with E-state index in [0.29, 0.717) is 0 Å². The van der Waals surface area contributed by atoms with Crippen LogP contribution in [0.2, 0.25) is 0 Å². The number of nitrogens with one attached hydrogen (secondary N) is 1. The molecule has 0 amide bonds. The van der Waals surface area contributed by atoms with Crippen molar-refractivity contribution in [3.05, 3.63) is 0 Å². The van der Waals surface area contributed by atoms with Gasteiger partial charge in [-0.2, -0.15) is 5.26 Å². The van der Waals surface area contributed by atoms with E-state index in [9.17, 15) is 0 Å². The summed E-state index contributed by atoms with van der Waals surface area (Å²) in [5, 5.41) is 12.4. The number of nitriles is 1. The highest BCUT2D eigenvalue weighted by molar-refractivity contribution is 4.91. The predicted molar refractivity (Wildman–Crippen MR) is 71.7 cm³/mol. The Balaban J connectivity index is 2.31. The molecular formula is C14H27N3. The van der Waals surface area contributed by atoms with Crippen molar-refractivity contribution >= 4 is 0 Å². The van der Waals surface area contributed by atoms with Crippen molar-refractivity contribution in [2.75, 3.05) is 19.6 Å². The lowest BCUT2D eigenvalue weighted by Gasteiger charge is -2.28. The maximum absolute atomic E-state index is 9.07. The number of nitrogens with zero attached hydrogens (tertiary/aromatic N) is 2. The molecule has 1 fully saturated rings. The van der Waals surface area contributed by atoms with Crippen molar-refractivity contribution in [2.24, 2.45) is 5.92 Å². The largest absolute Gasteiger partial charge is 0.302 e. The van der Waals surface area contributed by atoms with Gasteiger partial charge in [0.2, 0.25) is 0 Å². The fourth-order valence-electron chi connectivity index (χ4n) is 2.71. The Kier molecular flexibility index (Phi) is 6.54. The molecule has 0 aromatic carbocycles. The molecule has 3 nitrogen and oxygen atoms in total. The van der Waals surface area contributed by atoms with Gasteiger partial charge in [-0.1, -0.05) is 20.8 Å². The molecule has 1 aliphatic heterocycles. The zero-order valence-electron chi connectivity index (χ0n) is 11.6. The van der Waals surface area contributed by atoms with Crippen molar-refractivity contribution in [3.63, 3.8) is 0 Å². The van der Waals surface area contributed by atoms with Gasteiger partial charge < -0.3 is 10.2 Å². The minimum atomic E-state index is 0.0309. The van der Waals surface area contributed by atoms with E-state index in [0.717, 1.165) is 37.9 Å². The van der Waals surface area contributed by atoms with Crippen LogP contribution in [0, 0.1) is 17.2 Å². The second-order valence-corrected chi connectivity index (χ2v) is 5.41. The second kappa shape index (κ2) is 7.68. The standard InChI is InChI=1S/C14H27N3/c1-4-8-16-13(11-15)7-10-17-9-5-6-14(17)12(2)3/h12-14,16H,4-10H2,1-3H3. The molecule has 1 heterocycles. The zero-order chi connectivity index (χ0) is 12.7. The maximum atomic E-state index is 9.07. The Morgan fingerprint density at radius 3 is 2.82 bits per heavy atom. The zero-order valence-corrected chi connectivity index (χ0v) is 11.6. The quantitative estimate of drug-likeness (QED) is 0.739. The SMILES string of the molecule is CCCNC(C#N)CCN1CCCC1C(C)C. The van der Waals surface area contributed by atoms with Crippen LogP contribution < -0.4 is 5.32 Å². The summed E-state index contributed by atoms with van der Waals surface area (Å²) in [5.41, 5.74) is 0. The first-order valence-electron chi connectivity index (χ1n) is 7.06. The van der Waals surface area contributed by atoms with Crippen molar-refractivity contribution in [3.8, 4) is 6.07 Å². The molecule has 0 spiro atoms. The Labute approximate surface area is 106 Å². The van der Waals surface area contributed by atoms with E-state index in [4.69, 9.17) is 5.26 Å². The van der Waals surface area contributed by atoms with Crippen LogP contribution >= 0.6 is 0 Å². The van der Waals surface area contributed by atoms with Crippen LogP contribution in [0.4, 0.5) is 0 Å². The molecule has 0 aromatic rings. The van der Waals surface area contributed by atoms with Gasteiger partial charge in [-0.25, -0.2) is 0 Å². The smallest absolute Gasteiger partial charge is 0.0965 e. The van der Waals surface area contributed by atoms with E-state index < -0.39 is 0 Å². The van der Waals surface area contributed by atoms with Crippen LogP contribution in [0.3, 0.4) is 0 Å². The van der Waals surface area contributed by atoms with Crippen molar-refractivity contribution in [1.82, 2.24) is 10.2 Å². The molecule has 3 heteroatoms. The van der Waals surface area contributed by atoms with Crippen molar-refractivity contribution < 1.29 is 0 Å². The molecule has 0 saturated carbocycles. The van der Waals surface area contributed by atoms with E-state index in [1.807, 2.05) is 0 Å². The lowest BCUT2D eigenvalue weighted by Crippen LogP contribution is -2.38. The highest BCUT2D eigenvalue weighted by Crippen LogP contribution is 2.23. The first kappa shape index (κ1) is 14.5. The van der Waals surface area contributed by atoms with Crippen molar-refractivity contribution in [2.45, 2.75) is 58.5 Å². The van der Waals surface area contributed by atoms with Crippen LogP contribution in [-0.2, 0) is 0 Å². The van der Waals surface area contributed by atoms with E-state index in [1.165, 1.54) is 19.4 Å². The maximum Gasteiger partial charge on any atom is 0.0965 e. The summed E-state index contributed by atoms with van der Waals surface area (Å²) < 4.78 is 0. The predicted octanol–water partition coefficient (Wildman–Crippen LogP) is 2.39. The summed E-state index contributed by atoms with van der Waals surface area (Å²) in [6.07, 6.45) is 4.70. The number of hydrogen-bond acceptors (Lipinski definition) is 3. The summed E-state index contributed by atoms with van der Waals surface area (Å²) in [4.78, 5) is 2.57. The van der Waals surface area contributed by atoms with Crippen LogP contribution in [0.25, 0.3) is 0 Å². The van der Waals surface area contributed by atoms with Gasteiger partial charge in [-0.05, 0) is 44.7 Å². The molecule has 2 atom stereocenters. The normalized spacial score (nSPS) is 22.9. The Bertz CT molecular complexity index is 244. The Morgan fingerprint density at radius 2 is 2.24 bits per heavy atom. The third kappa shape index (κ3) is 4.65. The average molecular weight is 237 g/mol. The van der Waals surface area contributed by atoms with Gasteiger partial charge in [0, 0.05) is 12.6 Å². The topological polar surface area (TPSA) is 39.1 Å². The first-order valence-corrected chi connectivity index (χ1v) is 7.06. The molecule has 1 N–H and O–H groups in total. The molecule has 1 aliphatic rings. The molecule has 98 valence electrons. The molecule has 0 bridgehead atoms.